The fraction of sp³-hybridized carbons (Fsp3) is 0.227. The van der Waals surface area contributed by atoms with Crippen LogP contribution in [0.25, 0.3) is 11.3 Å². The Balaban J connectivity index is 1.70. The van der Waals surface area contributed by atoms with Crippen LogP contribution in [0, 0.1) is 11.3 Å². The van der Waals surface area contributed by atoms with Gasteiger partial charge in [0.05, 0.1) is 34.6 Å². The summed E-state index contributed by atoms with van der Waals surface area (Å²) in [5.41, 5.74) is 3.96. The Kier molecular flexibility index (Phi) is 5.09. The van der Waals surface area contributed by atoms with Crippen molar-refractivity contribution in [2.75, 3.05) is 11.5 Å². The maximum absolute atomic E-state index is 12.6. The topological polar surface area (TPSA) is 66.2 Å². The van der Waals surface area contributed by atoms with E-state index in [9.17, 15) is 10.1 Å². The zero-order valence-corrected chi connectivity index (χ0v) is 16.3. The van der Waals surface area contributed by atoms with Gasteiger partial charge in [-0.05, 0) is 42.7 Å². The van der Waals surface area contributed by atoms with Crippen LogP contribution in [0.1, 0.15) is 29.5 Å². The van der Waals surface area contributed by atoms with Gasteiger partial charge >= 0.3 is 0 Å². The van der Waals surface area contributed by atoms with E-state index in [2.05, 4.69) is 13.0 Å². The Morgan fingerprint density at radius 3 is 2.96 bits per heavy atom. The van der Waals surface area contributed by atoms with Crippen molar-refractivity contribution in [1.82, 2.24) is 4.98 Å². The predicted octanol–water partition coefficient (Wildman–Crippen LogP) is 4.56. The van der Waals surface area contributed by atoms with Crippen LogP contribution in [0.15, 0.2) is 47.8 Å². The third kappa shape index (κ3) is 3.49. The molecule has 6 heteroatoms. The van der Waals surface area contributed by atoms with Crippen LogP contribution in [0.2, 0.25) is 0 Å². The normalized spacial score (nSPS) is 13.0. The molecule has 0 fully saturated rings. The molecule has 0 bridgehead atoms. The summed E-state index contributed by atoms with van der Waals surface area (Å²) in [6.45, 7) is 2.47. The molecule has 3 aromatic rings. The van der Waals surface area contributed by atoms with Gasteiger partial charge < -0.3 is 9.64 Å². The number of aromatic nitrogens is 1. The average Bonchev–Trinajstić information content (AvgIpc) is 3.19. The average molecular weight is 389 g/mol. The number of ether oxygens (including phenoxy) is 1. The van der Waals surface area contributed by atoms with Gasteiger partial charge in [0.1, 0.15) is 5.75 Å². The number of anilines is 1. The van der Waals surface area contributed by atoms with Crippen LogP contribution in [0.4, 0.5) is 5.69 Å². The third-order valence-electron chi connectivity index (χ3n) is 4.68. The fourth-order valence-electron chi connectivity index (χ4n) is 3.24. The number of carbonyl (C=O) groups is 1. The molecule has 5 nitrogen and oxygen atoms in total. The first-order chi connectivity index (χ1) is 13.7. The van der Waals surface area contributed by atoms with Gasteiger partial charge in [0.25, 0.3) is 5.91 Å². The van der Waals surface area contributed by atoms with E-state index in [1.54, 1.807) is 22.3 Å². The van der Waals surface area contributed by atoms with E-state index in [1.807, 2.05) is 41.8 Å². The Bertz CT molecular complexity index is 1070. The summed E-state index contributed by atoms with van der Waals surface area (Å²) in [6.07, 6.45) is 2.03. The second-order valence-electron chi connectivity index (χ2n) is 6.60. The number of fused-ring (bicyclic) bond motifs is 1. The Hall–Kier alpha value is -3.17. The fourth-order valence-corrected chi connectivity index (χ4v) is 4.15. The molecule has 2 heterocycles. The predicted molar refractivity (Wildman–Crippen MR) is 109 cm³/mol. The maximum Gasteiger partial charge on any atom is 0.265 e. The van der Waals surface area contributed by atoms with E-state index in [4.69, 9.17) is 9.72 Å². The molecule has 0 atom stereocenters. The van der Waals surface area contributed by atoms with Gasteiger partial charge in [0.2, 0.25) is 0 Å². The van der Waals surface area contributed by atoms with Gasteiger partial charge in [-0.3, -0.25) is 4.79 Å². The number of carbonyl (C=O) groups excluding carboxylic acids is 1. The van der Waals surface area contributed by atoms with Gasteiger partial charge in [0.15, 0.2) is 6.61 Å². The molecule has 0 unspecified atom stereocenters. The van der Waals surface area contributed by atoms with Crippen LogP contribution >= 0.6 is 11.3 Å². The number of amides is 1. The standard InChI is InChI=1S/C22H19N3O2S/c1-2-5-21-24-18(14-28-21)15-8-9-20-19(10-15)25(22(26)13-27-20)12-17-7-4-3-6-16(17)11-23/h3-4,6-10,14H,2,5,12-13H2,1H3. The number of rotatable bonds is 5. The highest BCUT2D eigenvalue weighted by atomic mass is 32.1. The summed E-state index contributed by atoms with van der Waals surface area (Å²) >= 11 is 1.66. The van der Waals surface area contributed by atoms with Crippen molar-refractivity contribution >= 4 is 22.9 Å². The molecule has 0 radical (unpaired) electrons. The molecule has 1 aliphatic heterocycles. The highest BCUT2D eigenvalue weighted by Crippen LogP contribution is 2.37. The van der Waals surface area contributed by atoms with Crippen molar-refractivity contribution in [3.8, 4) is 23.1 Å². The first-order valence-electron chi connectivity index (χ1n) is 9.19. The molecule has 4 rings (SSSR count). The van der Waals surface area contributed by atoms with Crippen LogP contribution < -0.4 is 9.64 Å². The minimum atomic E-state index is -0.123. The molecule has 1 aromatic heterocycles. The second kappa shape index (κ2) is 7.83. The van der Waals surface area contributed by atoms with Crippen molar-refractivity contribution in [3.05, 3.63) is 64.0 Å². The van der Waals surface area contributed by atoms with Crippen molar-refractivity contribution in [2.45, 2.75) is 26.3 Å². The Morgan fingerprint density at radius 2 is 2.14 bits per heavy atom. The van der Waals surface area contributed by atoms with E-state index in [0.29, 0.717) is 23.5 Å². The van der Waals surface area contributed by atoms with Gasteiger partial charge in [-0.25, -0.2) is 4.98 Å². The van der Waals surface area contributed by atoms with Crippen molar-refractivity contribution in [2.24, 2.45) is 0 Å². The van der Waals surface area contributed by atoms with Gasteiger partial charge in [-0.2, -0.15) is 5.26 Å². The molecule has 0 aliphatic carbocycles. The lowest BCUT2D eigenvalue weighted by molar-refractivity contribution is -0.121. The smallest absolute Gasteiger partial charge is 0.265 e. The molecule has 0 spiro atoms. The van der Waals surface area contributed by atoms with Crippen molar-refractivity contribution in [3.63, 3.8) is 0 Å². The number of hydrogen-bond acceptors (Lipinski definition) is 5. The maximum atomic E-state index is 12.6. The van der Waals surface area contributed by atoms with Crippen molar-refractivity contribution in [1.29, 1.82) is 5.26 Å². The molecule has 0 saturated heterocycles. The second-order valence-corrected chi connectivity index (χ2v) is 7.54. The summed E-state index contributed by atoms with van der Waals surface area (Å²) in [4.78, 5) is 19.0. The number of thiazole rings is 1. The highest BCUT2D eigenvalue weighted by Gasteiger charge is 2.27. The van der Waals surface area contributed by atoms with Crippen LogP contribution in [0.5, 0.6) is 5.75 Å². The monoisotopic (exact) mass is 389 g/mol. The molecule has 140 valence electrons. The third-order valence-corrected chi connectivity index (χ3v) is 5.59. The van der Waals surface area contributed by atoms with Crippen LogP contribution in [-0.4, -0.2) is 17.5 Å². The summed E-state index contributed by atoms with van der Waals surface area (Å²) in [6, 6.07) is 15.4. The van der Waals surface area contributed by atoms with Crippen LogP contribution in [-0.2, 0) is 17.8 Å². The lowest BCUT2D eigenvalue weighted by Crippen LogP contribution is -2.38. The summed E-state index contributed by atoms with van der Waals surface area (Å²) < 4.78 is 5.62. The van der Waals surface area contributed by atoms with E-state index in [0.717, 1.165) is 34.7 Å². The van der Waals surface area contributed by atoms with E-state index in [1.165, 1.54) is 0 Å². The largest absolute Gasteiger partial charge is 0.482 e. The Labute approximate surface area is 167 Å². The molecule has 0 N–H and O–H groups in total. The van der Waals surface area contributed by atoms with E-state index < -0.39 is 0 Å². The van der Waals surface area contributed by atoms with Crippen LogP contribution in [0.3, 0.4) is 0 Å². The number of hydrogen-bond donors (Lipinski definition) is 0. The number of aryl methyl sites for hydroxylation is 1. The summed E-state index contributed by atoms with van der Waals surface area (Å²) in [5.74, 6) is 0.546. The number of benzene rings is 2. The first-order valence-corrected chi connectivity index (χ1v) is 10.1. The highest BCUT2D eigenvalue weighted by molar-refractivity contribution is 7.09. The lowest BCUT2D eigenvalue weighted by atomic mass is 10.1. The molecule has 0 saturated carbocycles. The molecule has 28 heavy (non-hydrogen) atoms. The molecule has 1 amide bonds. The SMILES string of the molecule is CCCc1nc(-c2ccc3c(c2)N(Cc2ccccc2C#N)C(=O)CO3)cs1. The summed E-state index contributed by atoms with van der Waals surface area (Å²) in [7, 11) is 0. The number of nitrogens with zero attached hydrogens (tertiary/aromatic N) is 3. The quantitative estimate of drug-likeness (QED) is 0.642. The molecular formula is C22H19N3O2S. The summed E-state index contributed by atoms with van der Waals surface area (Å²) in [5, 5.41) is 12.5. The minimum Gasteiger partial charge on any atom is -0.482 e. The lowest BCUT2D eigenvalue weighted by Gasteiger charge is -2.30. The van der Waals surface area contributed by atoms with Crippen molar-refractivity contribution < 1.29 is 9.53 Å². The van der Waals surface area contributed by atoms with Gasteiger partial charge in [0, 0.05) is 10.9 Å². The van der Waals surface area contributed by atoms with Gasteiger partial charge in [-0.1, -0.05) is 25.1 Å². The minimum absolute atomic E-state index is 0.00157. The first kappa shape index (κ1) is 18.2. The Morgan fingerprint density at radius 1 is 1.29 bits per heavy atom. The zero-order chi connectivity index (χ0) is 19.5. The molecular weight excluding hydrogens is 370 g/mol. The number of nitriles is 1. The molecule has 1 aliphatic rings. The van der Waals surface area contributed by atoms with E-state index >= 15 is 0 Å². The zero-order valence-electron chi connectivity index (χ0n) is 15.5. The van der Waals surface area contributed by atoms with Gasteiger partial charge in [-0.15, -0.1) is 11.3 Å². The molecule has 2 aromatic carbocycles. The van der Waals surface area contributed by atoms with E-state index in [-0.39, 0.29) is 12.5 Å².